The maximum Gasteiger partial charge on any atom is 0.321 e. The third-order valence-electron chi connectivity index (χ3n) is 3.42. The molecule has 1 aromatic heterocycles. The molecular formula is C17H17N5O. The maximum absolute atomic E-state index is 12.4. The standard InChI is InChI=1S/C17H17N5O/c1-21(11-14-7-3-2-4-8-14)17(23)20-15-9-5-6-10-16(15)22-13-18-12-19-22/h2-10,12-13H,11H2,1H3,(H,20,23). The van der Waals surface area contributed by atoms with E-state index in [0.29, 0.717) is 12.2 Å². The molecule has 0 aliphatic heterocycles. The van der Waals surface area contributed by atoms with Gasteiger partial charge in [0.05, 0.1) is 11.4 Å². The summed E-state index contributed by atoms with van der Waals surface area (Å²) in [6.45, 7) is 0.540. The highest BCUT2D eigenvalue weighted by molar-refractivity contribution is 5.91. The van der Waals surface area contributed by atoms with Crippen molar-refractivity contribution >= 4 is 11.7 Å². The van der Waals surface area contributed by atoms with Crippen LogP contribution in [0.5, 0.6) is 0 Å². The van der Waals surface area contributed by atoms with Crippen LogP contribution in [-0.2, 0) is 6.54 Å². The lowest BCUT2D eigenvalue weighted by Crippen LogP contribution is -2.31. The zero-order valence-corrected chi connectivity index (χ0v) is 12.8. The molecule has 0 unspecified atom stereocenters. The number of benzene rings is 2. The van der Waals surface area contributed by atoms with Crippen molar-refractivity contribution in [1.29, 1.82) is 0 Å². The SMILES string of the molecule is CN(Cc1ccccc1)C(=O)Nc1ccccc1-n1cncn1. The van der Waals surface area contributed by atoms with E-state index >= 15 is 0 Å². The lowest BCUT2D eigenvalue weighted by molar-refractivity contribution is 0.220. The van der Waals surface area contributed by atoms with Gasteiger partial charge < -0.3 is 10.2 Å². The highest BCUT2D eigenvalue weighted by Crippen LogP contribution is 2.19. The Kier molecular flexibility index (Phi) is 4.33. The number of aromatic nitrogens is 3. The highest BCUT2D eigenvalue weighted by Gasteiger charge is 2.12. The fourth-order valence-electron chi connectivity index (χ4n) is 2.25. The van der Waals surface area contributed by atoms with Crippen molar-refractivity contribution in [2.24, 2.45) is 0 Å². The summed E-state index contributed by atoms with van der Waals surface area (Å²) in [6.07, 6.45) is 3.05. The Morgan fingerprint density at radius 1 is 1.13 bits per heavy atom. The molecule has 0 aliphatic carbocycles. The predicted octanol–water partition coefficient (Wildman–Crippen LogP) is 2.93. The number of urea groups is 1. The summed E-state index contributed by atoms with van der Waals surface area (Å²) >= 11 is 0. The Hall–Kier alpha value is -3.15. The molecule has 116 valence electrons. The van der Waals surface area contributed by atoms with Crippen LogP contribution in [0.25, 0.3) is 5.69 Å². The van der Waals surface area contributed by atoms with Crippen LogP contribution in [0.1, 0.15) is 5.56 Å². The molecule has 1 N–H and O–H groups in total. The summed E-state index contributed by atoms with van der Waals surface area (Å²) in [4.78, 5) is 18.0. The summed E-state index contributed by atoms with van der Waals surface area (Å²) in [7, 11) is 1.76. The molecule has 2 aromatic carbocycles. The fourth-order valence-corrected chi connectivity index (χ4v) is 2.25. The minimum atomic E-state index is -0.179. The third-order valence-corrected chi connectivity index (χ3v) is 3.42. The number of hydrogen-bond donors (Lipinski definition) is 1. The highest BCUT2D eigenvalue weighted by atomic mass is 16.2. The van der Waals surface area contributed by atoms with Gasteiger partial charge in [-0.2, -0.15) is 5.10 Å². The Labute approximate surface area is 134 Å². The Morgan fingerprint density at radius 3 is 2.61 bits per heavy atom. The molecule has 0 spiro atoms. The topological polar surface area (TPSA) is 63.1 Å². The maximum atomic E-state index is 12.4. The van der Waals surface area contributed by atoms with E-state index in [-0.39, 0.29) is 6.03 Å². The van der Waals surface area contributed by atoms with Gasteiger partial charge >= 0.3 is 6.03 Å². The van der Waals surface area contributed by atoms with Crippen molar-refractivity contribution in [2.75, 3.05) is 12.4 Å². The fraction of sp³-hybridized carbons (Fsp3) is 0.118. The minimum absolute atomic E-state index is 0.179. The molecule has 2 amide bonds. The Balaban J connectivity index is 1.73. The largest absolute Gasteiger partial charge is 0.323 e. The molecule has 0 fully saturated rings. The van der Waals surface area contributed by atoms with Gasteiger partial charge in [0.15, 0.2) is 0 Å². The van der Waals surface area contributed by atoms with E-state index in [2.05, 4.69) is 15.4 Å². The average molecular weight is 307 g/mol. The molecular weight excluding hydrogens is 290 g/mol. The first-order valence-electron chi connectivity index (χ1n) is 7.24. The number of nitrogens with zero attached hydrogens (tertiary/aromatic N) is 4. The second-order valence-corrected chi connectivity index (χ2v) is 5.13. The molecule has 3 rings (SSSR count). The van der Waals surface area contributed by atoms with E-state index < -0.39 is 0 Å². The smallest absolute Gasteiger partial charge is 0.321 e. The van der Waals surface area contributed by atoms with Gasteiger partial charge in [-0.1, -0.05) is 42.5 Å². The molecule has 1 heterocycles. The molecule has 0 saturated carbocycles. The van der Waals surface area contributed by atoms with Crippen LogP contribution >= 0.6 is 0 Å². The molecule has 0 aliphatic rings. The Morgan fingerprint density at radius 2 is 1.87 bits per heavy atom. The lowest BCUT2D eigenvalue weighted by Gasteiger charge is -2.19. The zero-order chi connectivity index (χ0) is 16.1. The van der Waals surface area contributed by atoms with Crippen molar-refractivity contribution in [3.63, 3.8) is 0 Å². The summed E-state index contributed by atoms with van der Waals surface area (Å²) in [5, 5.41) is 7.02. The summed E-state index contributed by atoms with van der Waals surface area (Å²) in [5.74, 6) is 0. The lowest BCUT2D eigenvalue weighted by atomic mass is 10.2. The van der Waals surface area contributed by atoms with E-state index in [9.17, 15) is 4.79 Å². The van der Waals surface area contributed by atoms with Crippen LogP contribution in [0.2, 0.25) is 0 Å². The monoisotopic (exact) mass is 307 g/mol. The quantitative estimate of drug-likeness (QED) is 0.806. The van der Waals surface area contributed by atoms with Crippen molar-refractivity contribution in [2.45, 2.75) is 6.54 Å². The number of nitrogens with one attached hydrogen (secondary N) is 1. The van der Waals surface area contributed by atoms with E-state index in [4.69, 9.17) is 0 Å². The van der Waals surface area contributed by atoms with Crippen LogP contribution < -0.4 is 5.32 Å². The number of amides is 2. The minimum Gasteiger partial charge on any atom is -0.323 e. The van der Waals surface area contributed by atoms with Crippen LogP contribution in [0.4, 0.5) is 10.5 Å². The zero-order valence-electron chi connectivity index (χ0n) is 12.8. The first-order valence-corrected chi connectivity index (χ1v) is 7.24. The summed E-state index contributed by atoms with van der Waals surface area (Å²) in [5.41, 5.74) is 2.53. The van der Waals surface area contributed by atoms with Gasteiger partial charge in [0, 0.05) is 13.6 Å². The number of carbonyl (C=O) groups excluding carboxylic acids is 1. The van der Waals surface area contributed by atoms with Crippen LogP contribution in [0.15, 0.2) is 67.3 Å². The first-order chi connectivity index (χ1) is 11.2. The third kappa shape index (κ3) is 3.55. The van der Waals surface area contributed by atoms with Crippen molar-refractivity contribution < 1.29 is 4.79 Å². The van der Waals surface area contributed by atoms with Gasteiger partial charge in [-0.15, -0.1) is 0 Å². The second kappa shape index (κ2) is 6.74. The normalized spacial score (nSPS) is 10.3. The van der Waals surface area contributed by atoms with E-state index in [0.717, 1.165) is 11.3 Å². The van der Waals surface area contributed by atoms with E-state index in [1.165, 1.54) is 6.33 Å². The summed E-state index contributed by atoms with van der Waals surface area (Å²) in [6, 6.07) is 17.2. The number of para-hydroxylation sites is 2. The number of carbonyl (C=O) groups is 1. The van der Waals surface area contributed by atoms with Crippen LogP contribution in [0.3, 0.4) is 0 Å². The van der Waals surface area contributed by atoms with Gasteiger partial charge in [0.1, 0.15) is 12.7 Å². The van der Waals surface area contributed by atoms with E-state index in [1.54, 1.807) is 23.0 Å². The summed E-state index contributed by atoms with van der Waals surface area (Å²) < 4.78 is 1.62. The van der Waals surface area contributed by atoms with Crippen molar-refractivity contribution in [3.8, 4) is 5.69 Å². The molecule has 23 heavy (non-hydrogen) atoms. The van der Waals surface area contributed by atoms with Crippen molar-refractivity contribution in [3.05, 3.63) is 72.8 Å². The molecule has 6 nitrogen and oxygen atoms in total. The number of rotatable bonds is 4. The number of hydrogen-bond acceptors (Lipinski definition) is 3. The molecule has 0 saturated heterocycles. The molecule has 0 bridgehead atoms. The van der Waals surface area contributed by atoms with Gasteiger partial charge in [-0.05, 0) is 17.7 Å². The molecule has 3 aromatic rings. The van der Waals surface area contributed by atoms with Gasteiger partial charge in [0.2, 0.25) is 0 Å². The van der Waals surface area contributed by atoms with E-state index in [1.807, 2.05) is 54.6 Å². The van der Waals surface area contributed by atoms with Crippen LogP contribution in [0, 0.1) is 0 Å². The van der Waals surface area contributed by atoms with Crippen molar-refractivity contribution in [1.82, 2.24) is 19.7 Å². The molecule has 0 atom stereocenters. The predicted molar refractivity (Wildman–Crippen MR) is 88.3 cm³/mol. The molecule has 6 heteroatoms. The number of anilines is 1. The van der Waals surface area contributed by atoms with Gasteiger partial charge in [0.25, 0.3) is 0 Å². The Bertz CT molecular complexity index is 771. The van der Waals surface area contributed by atoms with Gasteiger partial charge in [-0.25, -0.2) is 14.5 Å². The average Bonchev–Trinajstić information content (AvgIpc) is 3.10. The second-order valence-electron chi connectivity index (χ2n) is 5.13. The van der Waals surface area contributed by atoms with Crippen LogP contribution in [-0.4, -0.2) is 32.7 Å². The first kappa shape index (κ1) is 14.8. The molecule has 0 radical (unpaired) electrons. The van der Waals surface area contributed by atoms with Gasteiger partial charge in [-0.3, -0.25) is 0 Å².